The second kappa shape index (κ2) is 4.64. The van der Waals surface area contributed by atoms with Gasteiger partial charge in [0.1, 0.15) is 9.39 Å². The number of nitrogens with zero attached hydrogens (tertiary/aromatic N) is 1. The number of primary amides is 1. The number of carbonyl (C=O) groups is 1. The van der Waals surface area contributed by atoms with Gasteiger partial charge in [0, 0.05) is 3.57 Å². The first-order valence-corrected chi connectivity index (χ1v) is 5.53. The van der Waals surface area contributed by atoms with Gasteiger partial charge in [-0.3, -0.25) is 4.79 Å². The van der Waals surface area contributed by atoms with E-state index in [2.05, 4.69) is 4.98 Å². The lowest BCUT2D eigenvalue weighted by Crippen LogP contribution is -2.18. The zero-order valence-electron chi connectivity index (χ0n) is 6.60. The first-order chi connectivity index (χ1) is 6.43. The van der Waals surface area contributed by atoms with Gasteiger partial charge in [0.25, 0.3) is 12.3 Å². The molecule has 0 atom stereocenters. The Bertz CT molecular complexity index is 384. The minimum absolute atomic E-state index is 0.297. The van der Waals surface area contributed by atoms with Gasteiger partial charge in [-0.15, -0.1) is 0 Å². The molecule has 0 aromatic carbocycles. The zero-order valence-corrected chi connectivity index (χ0v) is 10.9. The van der Waals surface area contributed by atoms with Crippen LogP contribution in [-0.2, 0) is 0 Å². The van der Waals surface area contributed by atoms with Gasteiger partial charge in [-0.25, -0.2) is 13.8 Å². The Morgan fingerprint density at radius 2 is 2.07 bits per heavy atom. The lowest BCUT2D eigenvalue weighted by Gasteiger charge is -2.07. The Hall–Kier alpha value is -0.0600. The van der Waals surface area contributed by atoms with E-state index in [4.69, 9.17) is 5.73 Å². The van der Waals surface area contributed by atoms with Crippen molar-refractivity contribution in [3.63, 3.8) is 0 Å². The van der Waals surface area contributed by atoms with Crippen LogP contribution >= 0.6 is 45.2 Å². The number of alkyl halides is 2. The monoisotopic (exact) mass is 424 g/mol. The molecule has 1 rings (SSSR count). The van der Waals surface area contributed by atoms with Crippen molar-refractivity contribution in [2.75, 3.05) is 0 Å². The van der Waals surface area contributed by atoms with E-state index in [1.165, 1.54) is 6.07 Å². The summed E-state index contributed by atoms with van der Waals surface area (Å²) in [6.07, 6.45) is -2.74. The third kappa shape index (κ3) is 2.49. The maximum absolute atomic E-state index is 12.5. The van der Waals surface area contributed by atoms with Crippen molar-refractivity contribution in [3.8, 4) is 0 Å². The first kappa shape index (κ1) is 12.0. The summed E-state index contributed by atoms with van der Waals surface area (Å²) >= 11 is 3.56. The highest BCUT2D eigenvalue weighted by atomic mass is 127. The van der Waals surface area contributed by atoms with E-state index in [0.29, 0.717) is 7.27 Å². The fourth-order valence-corrected chi connectivity index (χ4v) is 2.82. The minimum atomic E-state index is -2.74. The molecule has 0 aliphatic heterocycles. The standard InChI is InChI=1S/C7H4F2I2N2O/c8-6(9)4-2(10)1-3(11)13-5(4)7(12)14/h1,6H,(H2,12,14). The summed E-state index contributed by atoms with van der Waals surface area (Å²) in [5, 5.41) is 0. The van der Waals surface area contributed by atoms with Gasteiger partial charge in [0.15, 0.2) is 0 Å². The van der Waals surface area contributed by atoms with Crippen molar-refractivity contribution in [1.29, 1.82) is 0 Å². The van der Waals surface area contributed by atoms with E-state index in [9.17, 15) is 13.6 Å². The van der Waals surface area contributed by atoms with Crippen LogP contribution in [0.1, 0.15) is 22.5 Å². The van der Waals surface area contributed by atoms with Crippen molar-refractivity contribution in [2.45, 2.75) is 6.43 Å². The van der Waals surface area contributed by atoms with Crippen molar-refractivity contribution in [3.05, 3.63) is 24.6 Å². The van der Waals surface area contributed by atoms with Crippen LogP contribution in [-0.4, -0.2) is 10.9 Å². The summed E-state index contributed by atoms with van der Waals surface area (Å²) in [5.74, 6) is -0.934. The quantitative estimate of drug-likeness (QED) is 0.586. The van der Waals surface area contributed by atoms with Gasteiger partial charge < -0.3 is 5.73 Å². The fraction of sp³-hybridized carbons (Fsp3) is 0.143. The molecule has 0 fully saturated rings. The van der Waals surface area contributed by atoms with Gasteiger partial charge in [0.2, 0.25) is 0 Å². The molecule has 7 heteroatoms. The van der Waals surface area contributed by atoms with Gasteiger partial charge in [-0.2, -0.15) is 0 Å². The van der Waals surface area contributed by atoms with Crippen LogP contribution in [0.3, 0.4) is 0 Å². The van der Waals surface area contributed by atoms with Gasteiger partial charge in [-0.1, -0.05) is 0 Å². The summed E-state index contributed by atoms with van der Waals surface area (Å²) in [7, 11) is 0. The van der Waals surface area contributed by atoms with Crippen LogP contribution in [0.15, 0.2) is 6.07 Å². The van der Waals surface area contributed by atoms with Gasteiger partial charge >= 0.3 is 0 Å². The molecule has 0 saturated heterocycles. The Balaban J connectivity index is 3.44. The number of pyridine rings is 1. The average molecular weight is 424 g/mol. The Labute approximate surface area is 106 Å². The number of hydrogen-bond acceptors (Lipinski definition) is 2. The number of halogens is 4. The van der Waals surface area contributed by atoms with E-state index in [0.717, 1.165) is 0 Å². The average Bonchev–Trinajstić information content (AvgIpc) is 2.01. The van der Waals surface area contributed by atoms with Gasteiger partial charge in [-0.05, 0) is 51.2 Å². The number of carbonyl (C=O) groups excluding carboxylic acids is 1. The lowest BCUT2D eigenvalue weighted by molar-refractivity contribution is 0.0979. The molecule has 0 saturated carbocycles. The van der Waals surface area contributed by atoms with Crippen molar-refractivity contribution in [1.82, 2.24) is 4.98 Å². The Kier molecular flexibility index (Phi) is 3.98. The molecule has 1 heterocycles. The maximum atomic E-state index is 12.5. The predicted octanol–water partition coefficient (Wildman–Crippen LogP) is 2.33. The fourth-order valence-electron chi connectivity index (χ4n) is 0.890. The summed E-state index contributed by atoms with van der Waals surface area (Å²) < 4.78 is 25.8. The van der Waals surface area contributed by atoms with Crippen LogP contribution in [0.4, 0.5) is 8.78 Å². The van der Waals surface area contributed by atoms with Crippen LogP contribution in [0.5, 0.6) is 0 Å². The lowest BCUT2D eigenvalue weighted by atomic mass is 10.2. The van der Waals surface area contributed by atoms with Crippen molar-refractivity contribution < 1.29 is 13.6 Å². The second-order valence-corrected chi connectivity index (χ2v) is 4.62. The molecule has 0 unspecified atom stereocenters. The Morgan fingerprint density at radius 3 is 2.50 bits per heavy atom. The number of nitrogens with two attached hydrogens (primary N) is 1. The smallest absolute Gasteiger partial charge is 0.267 e. The molecule has 0 aliphatic carbocycles. The van der Waals surface area contributed by atoms with E-state index >= 15 is 0 Å². The third-order valence-corrected chi connectivity index (χ3v) is 2.87. The van der Waals surface area contributed by atoms with E-state index < -0.39 is 17.9 Å². The topological polar surface area (TPSA) is 56.0 Å². The van der Waals surface area contributed by atoms with Crippen LogP contribution < -0.4 is 5.73 Å². The first-order valence-electron chi connectivity index (χ1n) is 3.37. The highest BCUT2D eigenvalue weighted by Gasteiger charge is 2.22. The van der Waals surface area contributed by atoms with Gasteiger partial charge in [0.05, 0.1) is 5.56 Å². The molecular formula is C7H4F2I2N2O. The summed E-state index contributed by atoms with van der Waals surface area (Å²) in [6, 6.07) is 1.47. The largest absolute Gasteiger partial charge is 0.364 e. The summed E-state index contributed by atoms with van der Waals surface area (Å²) in [5.41, 5.74) is 4.21. The molecule has 1 aromatic rings. The summed E-state index contributed by atoms with van der Waals surface area (Å²) in [6.45, 7) is 0. The molecule has 0 bridgehead atoms. The molecule has 1 aromatic heterocycles. The second-order valence-electron chi connectivity index (χ2n) is 2.35. The van der Waals surface area contributed by atoms with Crippen LogP contribution in [0.25, 0.3) is 0 Å². The molecule has 0 aliphatic rings. The Morgan fingerprint density at radius 1 is 1.50 bits per heavy atom. The van der Waals surface area contributed by atoms with E-state index in [1.54, 1.807) is 22.6 Å². The summed E-state index contributed by atoms with van der Waals surface area (Å²) in [4.78, 5) is 14.5. The number of rotatable bonds is 2. The van der Waals surface area contributed by atoms with Crippen LogP contribution in [0, 0.1) is 7.27 Å². The highest BCUT2D eigenvalue weighted by Crippen LogP contribution is 2.27. The minimum Gasteiger partial charge on any atom is -0.364 e. The van der Waals surface area contributed by atoms with E-state index in [-0.39, 0.29) is 5.69 Å². The van der Waals surface area contributed by atoms with E-state index in [1.807, 2.05) is 22.6 Å². The SMILES string of the molecule is NC(=O)c1nc(I)cc(I)c1C(F)F. The number of aromatic nitrogens is 1. The molecule has 3 nitrogen and oxygen atoms in total. The zero-order chi connectivity index (χ0) is 10.9. The van der Waals surface area contributed by atoms with Crippen molar-refractivity contribution in [2.24, 2.45) is 5.73 Å². The van der Waals surface area contributed by atoms with Crippen molar-refractivity contribution >= 4 is 51.1 Å². The molecule has 14 heavy (non-hydrogen) atoms. The number of hydrogen-bond donors (Lipinski definition) is 1. The molecule has 76 valence electrons. The highest BCUT2D eigenvalue weighted by molar-refractivity contribution is 14.1. The number of amides is 1. The van der Waals surface area contributed by atoms with Crippen LogP contribution in [0.2, 0.25) is 0 Å². The molecule has 1 amide bonds. The predicted molar refractivity (Wildman–Crippen MR) is 63.1 cm³/mol. The maximum Gasteiger partial charge on any atom is 0.267 e. The molecular weight excluding hydrogens is 420 g/mol. The molecule has 0 spiro atoms. The third-order valence-electron chi connectivity index (χ3n) is 1.43. The molecule has 2 N–H and O–H groups in total. The molecule has 0 radical (unpaired) electrons. The normalized spacial score (nSPS) is 10.6.